The molecule has 0 atom stereocenters. The zero-order valence-corrected chi connectivity index (χ0v) is 11.8. The summed E-state index contributed by atoms with van der Waals surface area (Å²) in [5.41, 5.74) is 8.33. The Kier molecular flexibility index (Phi) is 2.85. The van der Waals surface area contributed by atoms with Crippen molar-refractivity contribution < 1.29 is 5.11 Å². The number of aromatic hydroxyl groups is 1. The summed E-state index contributed by atoms with van der Waals surface area (Å²) in [6.45, 7) is 2.76. The molecule has 6 nitrogen and oxygen atoms in total. The second-order valence-corrected chi connectivity index (χ2v) is 6.00. The van der Waals surface area contributed by atoms with Crippen LogP contribution in [0, 0.1) is 5.92 Å². The van der Waals surface area contributed by atoms with Crippen LogP contribution in [0.2, 0.25) is 0 Å². The van der Waals surface area contributed by atoms with Crippen molar-refractivity contribution in [3.63, 3.8) is 0 Å². The lowest BCUT2D eigenvalue weighted by Crippen LogP contribution is -2.43. The zero-order chi connectivity index (χ0) is 14.4. The first-order valence-corrected chi connectivity index (χ1v) is 7.45. The minimum atomic E-state index is 0.212. The predicted molar refractivity (Wildman–Crippen MR) is 81.7 cm³/mol. The highest BCUT2D eigenvalue weighted by atomic mass is 16.3. The summed E-state index contributed by atoms with van der Waals surface area (Å²) in [7, 11) is 0. The van der Waals surface area contributed by atoms with Crippen LogP contribution in [0.25, 0.3) is 11.0 Å². The number of H-pyrrole nitrogens is 1. The number of hydrogen-bond acceptors (Lipinski definition) is 4. The number of phenols is 1. The van der Waals surface area contributed by atoms with Gasteiger partial charge in [0.15, 0.2) is 0 Å². The molecule has 2 fully saturated rings. The summed E-state index contributed by atoms with van der Waals surface area (Å²) in [6, 6.07) is 3.45. The first-order chi connectivity index (χ1) is 10.2. The molecule has 2 aliphatic rings. The Hall–Kier alpha value is -2.08. The maximum Gasteiger partial charge on any atom is 0.141 e. The van der Waals surface area contributed by atoms with Gasteiger partial charge in [-0.3, -0.25) is 4.99 Å². The van der Waals surface area contributed by atoms with Gasteiger partial charge in [-0.25, -0.2) is 4.98 Å². The van der Waals surface area contributed by atoms with Crippen molar-refractivity contribution in [1.82, 2.24) is 15.3 Å². The normalized spacial score (nSPS) is 19.9. The van der Waals surface area contributed by atoms with Gasteiger partial charge in [0.2, 0.25) is 0 Å². The Morgan fingerprint density at radius 2 is 2.19 bits per heavy atom. The first-order valence-electron chi connectivity index (χ1n) is 7.45. The van der Waals surface area contributed by atoms with Crippen LogP contribution in [0.15, 0.2) is 17.1 Å². The number of nitrogens with two attached hydrogens (primary N) is 1. The van der Waals surface area contributed by atoms with Crippen LogP contribution < -0.4 is 11.1 Å². The molecule has 4 rings (SSSR count). The molecule has 0 radical (unpaired) electrons. The number of nitrogens with one attached hydrogen (secondary N) is 2. The number of aliphatic imine (C=N–C) groups is 1. The van der Waals surface area contributed by atoms with Gasteiger partial charge >= 0.3 is 0 Å². The molecular weight excluding hydrogens is 266 g/mol. The van der Waals surface area contributed by atoms with E-state index in [2.05, 4.69) is 20.3 Å². The molecule has 0 bridgehead atoms. The Bertz CT molecular complexity index is 712. The quantitative estimate of drug-likeness (QED) is 0.499. The van der Waals surface area contributed by atoms with Gasteiger partial charge in [0.25, 0.3) is 0 Å². The molecule has 5 N–H and O–H groups in total. The molecule has 1 aliphatic carbocycles. The number of nitrogens with zero attached hydrogens (tertiary/aromatic N) is 2. The fourth-order valence-corrected chi connectivity index (χ4v) is 2.64. The van der Waals surface area contributed by atoms with Gasteiger partial charge in [0, 0.05) is 37.0 Å². The van der Waals surface area contributed by atoms with E-state index < -0.39 is 0 Å². The van der Waals surface area contributed by atoms with Gasteiger partial charge in [-0.2, -0.15) is 0 Å². The third-order valence-electron chi connectivity index (χ3n) is 4.27. The molecule has 2 aromatic rings. The van der Waals surface area contributed by atoms with Crippen LogP contribution in [0.1, 0.15) is 30.1 Å². The molecule has 110 valence electrons. The van der Waals surface area contributed by atoms with E-state index in [9.17, 15) is 5.11 Å². The Labute approximate surface area is 122 Å². The van der Waals surface area contributed by atoms with Crippen LogP contribution in [0.5, 0.6) is 5.75 Å². The predicted octanol–water partition coefficient (Wildman–Crippen LogP) is 1.07. The van der Waals surface area contributed by atoms with Crippen molar-refractivity contribution in [3.05, 3.63) is 23.5 Å². The number of amidine groups is 1. The highest BCUT2D eigenvalue weighted by molar-refractivity contribution is 6.08. The van der Waals surface area contributed by atoms with E-state index in [4.69, 9.17) is 5.73 Å². The first kappa shape index (κ1) is 12.6. The van der Waals surface area contributed by atoms with Crippen molar-refractivity contribution in [2.75, 3.05) is 19.6 Å². The molecule has 0 unspecified atom stereocenters. The number of aromatic nitrogens is 2. The highest BCUT2D eigenvalue weighted by Gasteiger charge is 2.28. The largest absolute Gasteiger partial charge is 0.506 e. The van der Waals surface area contributed by atoms with Crippen LogP contribution in [-0.2, 0) is 0 Å². The van der Waals surface area contributed by atoms with E-state index in [1.807, 2.05) is 0 Å². The van der Waals surface area contributed by atoms with Gasteiger partial charge in [-0.1, -0.05) is 0 Å². The van der Waals surface area contributed by atoms with Crippen molar-refractivity contribution in [2.45, 2.75) is 18.8 Å². The molecule has 0 amide bonds. The van der Waals surface area contributed by atoms with Crippen molar-refractivity contribution in [1.29, 1.82) is 0 Å². The molecule has 6 heteroatoms. The average Bonchev–Trinajstić information content (AvgIpc) is 3.17. The number of benzene rings is 1. The zero-order valence-electron chi connectivity index (χ0n) is 11.8. The average molecular weight is 285 g/mol. The Morgan fingerprint density at radius 3 is 2.86 bits per heavy atom. The Morgan fingerprint density at radius 1 is 1.38 bits per heavy atom. The highest BCUT2D eigenvalue weighted by Crippen LogP contribution is 2.40. The molecule has 1 saturated carbocycles. The maximum absolute atomic E-state index is 10.00. The second-order valence-electron chi connectivity index (χ2n) is 6.00. The third-order valence-corrected chi connectivity index (χ3v) is 4.27. The number of aromatic amines is 1. The molecule has 1 aromatic carbocycles. The number of fused-ring (bicyclic) bond motifs is 1. The molecule has 1 aliphatic heterocycles. The van der Waals surface area contributed by atoms with E-state index in [1.54, 1.807) is 12.1 Å². The minimum absolute atomic E-state index is 0.212. The fraction of sp³-hybridized carbons (Fsp3) is 0.467. The van der Waals surface area contributed by atoms with E-state index in [0.29, 0.717) is 23.2 Å². The molecule has 1 saturated heterocycles. The second kappa shape index (κ2) is 4.73. The van der Waals surface area contributed by atoms with E-state index in [0.717, 1.165) is 49.4 Å². The Balaban J connectivity index is 1.71. The van der Waals surface area contributed by atoms with Crippen molar-refractivity contribution in [2.24, 2.45) is 16.6 Å². The van der Waals surface area contributed by atoms with Gasteiger partial charge < -0.3 is 21.1 Å². The minimum Gasteiger partial charge on any atom is -0.506 e. The molecule has 21 heavy (non-hydrogen) atoms. The molecule has 2 heterocycles. The summed E-state index contributed by atoms with van der Waals surface area (Å²) in [5, 5.41) is 13.2. The van der Waals surface area contributed by atoms with Crippen molar-refractivity contribution in [3.8, 4) is 5.75 Å². The fourth-order valence-electron chi connectivity index (χ4n) is 2.64. The van der Waals surface area contributed by atoms with E-state index in [-0.39, 0.29) is 5.75 Å². The van der Waals surface area contributed by atoms with E-state index in [1.165, 1.54) is 0 Å². The van der Waals surface area contributed by atoms with Gasteiger partial charge in [0.05, 0.1) is 0 Å². The van der Waals surface area contributed by atoms with Gasteiger partial charge in [-0.05, 0) is 25.0 Å². The summed E-state index contributed by atoms with van der Waals surface area (Å²) < 4.78 is 0. The molecular formula is C15H19N5O. The standard InChI is InChI=1S/C15H19N5O/c16-14(18-7-8-5-17-6-8)10-3-4-11(21)13-12(10)19-15(20-13)9-1-2-9/h3-4,8-9,17,21H,1-2,5-7H2,(H2,16,18)(H,19,20). The topological polar surface area (TPSA) is 99.3 Å². The number of phenolic OH excluding ortho intramolecular Hbond substituents is 1. The van der Waals surface area contributed by atoms with Crippen LogP contribution in [0.4, 0.5) is 0 Å². The van der Waals surface area contributed by atoms with Crippen molar-refractivity contribution >= 4 is 16.9 Å². The summed E-state index contributed by atoms with van der Waals surface area (Å²) in [4.78, 5) is 12.3. The summed E-state index contributed by atoms with van der Waals surface area (Å²) >= 11 is 0. The lowest BCUT2D eigenvalue weighted by Gasteiger charge is -2.25. The lowest BCUT2D eigenvalue weighted by atomic mass is 10.0. The van der Waals surface area contributed by atoms with Gasteiger partial charge in [0.1, 0.15) is 28.4 Å². The SMILES string of the molecule is NC(=NCC1CNC1)c1ccc(O)c2[nH]c(C3CC3)nc12. The molecule has 0 spiro atoms. The number of imidazole rings is 1. The third kappa shape index (κ3) is 2.25. The van der Waals surface area contributed by atoms with E-state index >= 15 is 0 Å². The number of hydrogen-bond donors (Lipinski definition) is 4. The summed E-state index contributed by atoms with van der Waals surface area (Å²) in [5.74, 6) is 2.75. The summed E-state index contributed by atoms with van der Waals surface area (Å²) in [6.07, 6.45) is 2.32. The van der Waals surface area contributed by atoms with Crippen LogP contribution in [-0.4, -0.2) is 40.5 Å². The number of rotatable bonds is 4. The van der Waals surface area contributed by atoms with Gasteiger partial charge in [-0.15, -0.1) is 0 Å². The molecule has 1 aromatic heterocycles. The lowest BCUT2D eigenvalue weighted by molar-refractivity contribution is 0.358. The smallest absolute Gasteiger partial charge is 0.141 e. The monoisotopic (exact) mass is 285 g/mol. The maximum atomic E-state index is 10.00. The van der Waals surface area contributed by atoms with Crippen LogP contribution in [0.3, 0.4) is 0 Å². The van der Waals surface area contributed by atoms with Crippen LogP contribution >= 0.6 is 0 Å².